The molecule has 2 rings (SSSR count). The van der Waals surface area contributed by atoms with E-state index in [0.29, 0.717) is 12.1 Å². The SMILES string of the molecule is CCN1CCC2C1CCN2C(C)(C)C(N)O. The number of hydrogen-bond donors (Lipinski definition) is 2. The van der Waals surface area contributed by atoms with Crippen molar-refractivity contribution in [1.29, 1.82) is 0 Å². The van der Waals surface area contributed by atoms with E-state index in [2.05, 4.69) is 30.6 Å². The van der Waals surface area contributed by atoms with Gasteiger partial charge in [0.05, 0.1) is 5.54 Å². The molecule has 94 valence electrons. The Balaban J connectivity index is 2.10. The van der Waals surface area contributed by atoms with Crippen molar-refractivity contribution in [1.82, 2.24) is 9.80 Å². The van der Waals surface area contributed by atoms with E-state index in [1.165, 1.54) is 19.4 Å². The second-order valence-corrected chi connectivity index (χ2v) is 5.63. The Kier molecular flexibility index (Phi) is 3.27. The number of nitrogens with two attached hydrogens (primary N) is 1. The van der Waals surface area contributed by atoms with Crippen molar-refractivity contribution in [2.75, 3.05) is 19.6 Å². The Morgan fingerprint density at radius 1 is 1.31 bits per heavy atom. The van der Waals surface area contributed by atoms with Gasteiger partial charge in [0.2, 0.25) is 0 Å². The molecule has 2 aliphatic heterocycles. The van der Waals surface area contributed by atoms with Crippen molar-refractivity contribution in [2.24, 2.45) is 5.73 Å². The van der Waals surface area contributed by atoms with E-state index in [1.54, 1.807) is 0 Å². The normalized spacial score (nSPS) is 34.3. The van der Waals surface area contributed by atoms with Crippen LogP contribution in [0.5, 0.6) is 0 Å². The van der Waals surface area contributed by atoms with Gasteiger partial charge in [-0.05, 0) is 33.2 Å². The number of hydrogen-bond acceptors (Lipinski definition) is 4. The van der Waals surface area contributed by atoms with Crippen LogP contribution in [-0.2, 0) is 0 Å². The quantitative estimate of drug-likeness (QED) is 0.677. The van der Waals surface area contributed by atoms with Gasteiger partial charge in [-0.2, -0.15) is 0 Å². The third-order valence-corrected chi connectivity index (χ3v) is 4.56. The van der Waals surface area contributed by atoms with Crippen LogP contribution >= 0.6 is 0 Å². The summed E-state index contributed by atoms with van der Waals surface area (Å²) in [7, 11) is 0. The molecule has 2 fully saturated rings. The van der Waals surface area contributed by atoms with Gasteiger partial charge in [-0.15, -0.1) is 0 Å². The molecule has 0 saturated carbocycles. The number of fused-ring (bicyclic) bond motifs is 1. The van der Waals surface area contributed by atoms with Crippen LogP contribution in [0.25, 0.3) is 0 Å². The first-order valence-corrected chi connectivity index (χ1v) is 6.43. The summed E-state index contributed by atoms with van der Waals surface area (Å²) in [5.41, 5.74) is 5.40. The predicted octanol–water partition coefficient (Wildman–Crippen LogP) is 0.211. The lowest BCUT2D eigenvalue weighted by Crippen LogP contribution is -2.58. The highest BCUT2D eigenvalue weighted by Crippen LogP contribution is 2.36. The lowest BCUT2D eigenvalue weighted by atomic mass is 9.98. The number of rotatable bonds is 3. The van der Waals surface area contributed by atoms with Gasteiger partial charge in [-0.3, -0.25) is 9.80 Å². The van der Waals surface area contributed by atoms with Crippen LogP contribution in [0.3, 0.4) is 0 Å². The minimum absolute atomic E-state index is 0.302. The molecule has 3 atom stereocenters. The molecule has 4 nitrogen and oxygen atoms in total. The molecule has 0 aromatic heterocycles. The molecular formula is C12H25N3O. The summed E-state index contributed by atoms with van der Waals surface area (Å²) in [4.78, 5) is 4.97. The van der Waals surface area contributed by atoms with Crippen molar-refractivity contribution >= 4 is 0 Å². The van der Waals surface area contributed by atoms with Gasteiger partial charge in [0.15, 0.2) is 0 Å². The second kappa shape index (κ2) is 4.26. The molecule has 3 unspecified atom stereocenters. The van der Waals surface area contributed by atoms with Crippen LogP contribution in [0, 0.1) is 0 Å². The first-order valence-electron chi connectivity index (χ1n) is 6.43. The van der Waals surface area contributed by atoms with Crippen molar-refractivity contribution in [3.05, 3.63) is 0 Å². The van der Waals surface area contributed by atoms with Crippen LogP contribution in [-0.4, -0.2) is 58.4 Å². The highest BCUT2D eigenvalue weighted by Gasteiger charge is 2.48. The van der Waals surface area contributed by atoms with E-state index < -0.39 is 6.23 Å². The van der Waals surface area contributed by atoms with Crippen molar-refractivity contribution in [2.45, 2.75) is 57.5 Å². The fourth-order valence-corrected chi connectivity index (χ4v) is 3.35. The Morgan fingerprint density at radius 3 is 2.50 bits per heavy atom. The highest BCUT2D eigenvalue weighted by molar-refractivity contribution is 5.04. The Hall–Kier alpha value is -0.160. The van der Waals surface area contributed by atoms with E-state index in [0.717, 1.165) is 13.1 Å². The van der Waals surface area contributed by atoms with Crippen LogP contribution < -0.4 is 5.73 Å². The molecular weight excluding hydrogens is 202 g/mol. The molecule has 3 N–H and O–H groups in total. The molecule has 2 saturated heterocycles. The molecule has 16 heavy (non-hydrogen) atoms. The smallest absolute Gasteiger partial charge is 0.120 e. The largest absolute Gasteiger partial charge is 0.377 e. The van der Waals surface area contributed by atoms with Gasteiger partial charge in [0, 0.05) is 25.2 Å². The number of aliphatic hydroxyl groups excluding tert-OH is 1. The van der Waals surface area contributed by atoms with Gasteiger partial charge in [0.25, 0.3) is 0 Å². The zero-order valence-corrected chi connectivity index (χ0v) is 10.7. The number of likely N-dealkylation sites (tertiary alicyclic amines) is 2. The van der Waals surface area contributed by atoms with Crippen molar-refractivity contribution in [3.63, 3.8) is 0 Å². The maximum atomic E-state index is 9.71. The van der Waals surface area contributed by atoms with Crippen LogP contribution in [0.1, 0.15) is 33.6 Å². The Morgan fingerprint density at radius 2 is 1.94 bits per heavy atom. The average Bonchev–Trinajstić information content (AvgIpc) is 2.76. The maximum Gasteiger partial charge on any atom is 0.120 e. The predicted molar refractivity (Wildman–Crippen MR) is 65.0 cm³/mol. The van der Waals surface area contributed by atoms with Crippen LogP contribution in [0.2, 0.25) is 0 Å². The Labute approximate surface area is 98.4 Å². The molecule has 0 aromatic rings. The van der Waals surface area contributed by atoms with Gasteiger partial charge in [-0.25, -0.2) is 0 Å². The van der Waals surface area contributed by atoms with Gasteiger partial charge < -0.3 is 10.8 Å². The third-order valence-electron chi connectivity index (χ3n) is 4.56. The summed E-state index contributed by atoms with van der Waals surface area (Å²) < 4.78 is 0. The van der Waals surface area contributed by atoms with Gasteiger partial charge in [-0.1, -0.05) is 6.92 Å². The zero-order chi connectivity index (χ0) is 11.9. The molecule has 0 spiro atoms. The van der Waals surface area contributed by atoms with E-state index in [4.69, 9.17) is 5.73 Å². The second-order valence-electron chi connectivity index (χ2n) is 5.63. The molecule has 2 heterocycles. The van der Waals surface area contributed by atoms with Crippen LogP contribution in [0.15, 0.2) is 0 Å². The summed E-state index contributed by atoms with van der Waals surface area (Å²) >= 11 is 0. The standard InChI is InChI=1S/C12H25N3O/c1-4-14-7-5-10-9(14)6-8-15(10)12(2,3)11(13)16/h9-11,16H,4-8,13H2,1-3H3. The highest BCUT2D eigenvalue weighted by atomic mass is 16.3. The number of aliphatic hydroxyl groups is 1. The lowest BCUT2D eigenvalue weighted by Gasteiger charge is -2.41. The lowest BCUT2D eigenvalue weighted by molar-refractivity contribution is -0.0142. The van der Waals surface area contributed by atoms with E-state index in [1.807, 2.05) is 0 Å². The first kappa shape index (κ1) is 12.3. The summed E-state index contributed by atoms with van der Waals surface area (Å²) in [6.45, 7) is 9.73. The summed E-state index contributed by atoms with van der Waals surface area (Å²) in [5.74, 6) is 0. The monoisotopic (exact) mass is 227 g/mol. The minimum atomic E-state index is -0.762. The summed E-state index contributed by atoms with van der Waals surface area (Å²) in [6.07, 6.45) is 1.67. The maximum absolute atomic E-state index is 9.71. The fraction of sp³-hybridized carbons (Fsp3) is 1.00. The zero-order valence-electron chi connectivity index (χ0n) is 10.7. The molecule has 0 bridgehead atoms. The molecule has 0 amide bonds. The third kappa shape index (κ3) is 1.78. The summed E-state index contributed by atoms with van der Waals surface area (Å²) in [6, 6.07) is 1.27. The molecule has 0 radical (unpaired) electrons. The van der Waals surface area contributed by atoms with Crippen LogP contribution in [0.4, 0.5) is 0 Å². The number of nitrogens with zero attached hydrogens (tertiary/aromatic N) is 2. The first-order chi connectivity index (χ1) is 7.48. The molecule has 4 heteroatoms. The van der Waals surface area contributed by atoms with E-state index >= 15 is 0 Å². The van der Waals surface area contributed by atoms with Crippen molar-refractivity contribution < 1.29 is 5.11 Å². The molecule has 0 aliphatic carbocycles. The van der Waals surface area contributed by atoms with E-state index in [9.17, 15) is 5.11 Å². The minimum Gasteiger partial charge on any atom is -0.377 e. The average molecular weight is 227 g/mol. The van der Waals surface area contributed by atoms with Gasteiger partial charge >= 0.3 is 0 Å². The molecule has 0 aromatic carbocycles. The molecule has 2 aliphatic rings. The van der Waals surface area contributed by atoms with E-state index in [-0.39, 0.29) is 5.54 Å². The van der Waals surface area contributed by atoms with Gasteiger partial charge in [0.1, 0.15) is 6.23 Å². The van der Waals surface area contributed by atoms with Crippen molar-refractivity contribution in [3.8, 4) is 0 Å². The number of likely N-dealkylation sites (N-methyl/N-ethyl adjacent to an activating group) is 1. The topological polar surface area (TPSA) is 52.7 Å². The summed E-state index contributed by atoms with van der Waals surface area (Å²) in [5, 5.41) is 9.71. The Bertz CT molecular complexity index is 255. The fourth-order valence-electron chi connectivity index (χ4n) is 3.35.